The van der Waals surface area contributed by atoms with Crippen molar-refractivity contribution in [2.24, 2.45) is 0 Å². The van der Waals surface area contributed by atoms with E-state index in [1.165, 1.54) is 11.3 Å². The van der Waals surface area contributed by atoms with Crippen LogP contribution in [0, 0.1) is 0 Å². The van der Waals surface area contributed by atoms with Crippen molar-refractivity contribution in [1.29, 1.82) is 0 Å². The fourth-order valence-electron chi connectivity index (χ4n) is 7.63. The summed E-state index contributed by atoms with van der Waals surface area (Å²) in [6.45, 7) is 0. The van der Waals surface area contributed by atoms with Gasteiger partial charge in [-0.3, -0.25) is 0 Å². The van der Waals surface area contributed by atoms with Crippen LogP contribution in [0.2, 0.25) is 0 Å². The molecule has 0 radical (unpaired) electrons. The quantitative estimate of drug-likeness (QED) is 0.136. The van der Waals surface area contributed by atoms with Crippen LogP contribution < -0.4 is 0 Å². The Balaban J connectivity index is 1.43. The number of rotatable bonds is 2. The van der Waals surface area contributed by atoms with Gasteiger partial charge < -0.3 is 4.42 Å². The van der Waals surface area contributed by atoms with Crippen LogP contribution in [-0.2, 0) is 0 Å². The van der Waals surface area contributed by atoms with E-state index in [0.717, 1.165) is 52.5 Å². The van der Waals surface area contributed by atoms with Crippen molar-refractivity contribution in [1.82, 2.24) is 0 Å². The van der Waals surface area contributed by atoms with Crippen LogP contribution in [0.3, 0.4) is 0 Å². The maximum atomic E-state index is 9.57. The molecule has 0 saturated carbocycles. The third-order valence-corrected chi connectivity index (χ3v) is 10.9. The van der Waals surface area contributed by atoms with E-state index in [2.05, 4.69) is 12.1 Å². The largest absolute Gasteiger partial charge is 0.456 e. The maximum Gasteiger partial charge on any atom is 0.136 e. The molecular formula is C46H26OS. The first-order chi connectivity index (χ1) is 27.1. The summed E-state index contributed by atoms with van der Waals surface area (Å²) in [4.78, 5) is 0. The minimum Gasteiger partial charge on any atom is -0.456 e. The lowest BCUT2D eigenvalue weighted by Gasteiger charge is -2.19. The van der Waals surface area contributed by atoms with Crippen molar-refractivity contribution in [2.45, 2.75) is 0 Å². The molecule has 0 aliphatic rings. The van der Waals surface area contributed by atoms with E-state index < -0.39 is 24.2 Å². The lowest BCUT2D eigenvalue weighted by Crippen LogP contribution is -1.91. The van der Waals surface area contributed by atoms with Gasteiger partial charge in [-0.05, 0) is 84.0 Å². The summed E-state index contributed by atoms with van der Waals surface area (Å²) in [6, 6.07) is 32.7. The highest BCUT2D eigenvalue weighted by Crippen LogP contribution is 2.51. The van der Waals surface area contributed by atoms with Crippen LogP contribution in [-0.4, -0.2) is 0 Å². The number of fused-ring (bicyclic) bond motifs is 12. The molecule has 2 heterocycles. The Morgan fingerprint density at radius 1 is 0.458 bits per heavy atom. The average Bonchev–Trinajstić information content (AvgIpc) is 3.80. The van der Waals surface area contributed by atoms with Gasteiger partial charge >= 0.3 is 0 Å². The van der Waals surface area contributed by atoms with Gasteiger partial charge in [-0.2, -0.15) is 0 Å². The summed E-state index contributed by atoms with van der Waals surface area (Å²) in [6.07, 6.45) is 0. The zero-order valence-electron chi connectivity index (χ0n) is 33.2. The Labute approximate surface area is 291 Å². The van der Waals surface area contributed by atoms with Crippen molar-refractivity contribution < 1.29 is 15.4 Å². The lowest BCUT2D eigenvalue weighted by molar-refractivity contribution is 0.669. The Morgan fingerprint density at radius 2 is 1.06 bits per heavy atom. The molecule has 0 saturated heterocycles. The fourth-order valence-corrected chi connectivity index (χ4v) is 8.86. The van der Waals surface area contributed by atoms with Gasteiger partial charge in [0.1, 0.15) is 11.2 Å². The summed E-state index contributed by atoms with van der Waals surface area (Å²) in [7, 11) is 0. The molecule has 2 heteroatoms. The average molecular weight is 635 g/mol. The van der Waals surface area contributed by atoms with E-state index in [9.17, 15) is 5.48 Å². The number of thiophene rings is 1. The third kappa shape index (κ3) is 3.55. The minimum atomic E-state index is -0.434. The molecule has 0 bridgehead atoms. The van der Waals surface area contributed by atoms with Gasteiger partial charge in [-0.1, -0.05) is 133 Å². The molecule has 1 nitrogen and oxygen atoms in total. The predicted molar refractivity (Wildman–Crippen MR) is 208 cm³/mol. The second-order valence-electron chi connectivity index (χ2n) is 12.2. The number of hydrogen-bond donors (Lipinski definition) is 0. The first-order valence-corrected chi connectivity index (χ1v) is 16.6. The van der Waals surface area contributed by atoms with Crippen molar-refractivity contribution in [2.75, 3.05) is 0 Å². The molecule has 9 aromatic carbocycles. The number of benzene rings is 9. The molecule has 0 aliphatic heterocycles. The van der Waals surface area contributed by atoms with Gasteiger partial charge in [0.15, 0.2) is 0 Å². The van der Waals surface area contributed by atoms with Crippen LogP contribution in [0.15, 0.2) is 162 Å². The van der Waals surface area contributed by atoms with Gasteiger partial charge in [-0.15, -0.1) is 11.3 Å². The molecule has 222 valence electrons. The molecule has 11 aromatic rings. The van der Waals surface area contributed by atoms with Crippen LogP contribution in [0.4, 0.5) is 0 Å². The maximum absolute atomic E-state index is 9.57. The van der Waals surface area contributed by atoms with E-state index in [1.54, 1.807) is 0 Å². The highest BCUT2D eigenvalue weighted by Gasteiger charge is 2.23. The number of para-hydroxylation sites is 1. The molecule has 0 atom stereocenters. The Bertz CT molecular complexity index is 3500. The molecule has 11 rings (SSSR count). The monoisotopic (exact) mass is 634 g/mol. The van der Waals surface area contributed by atoms with E-state index in [0.29, 0.717) is 33.4 Å². The SMILES string of the molecule is [2H]c1c([2H])c([2H])c2c(-c3cc4oc5ccccc5c4c4c3sc3ccccc34)c3c([2H])c([2H])c([2H])c([2H])c3c(-c3ccc4ccc5ccccc5c4c3)c2c1[2H]. The second-order valence-corrected chi connectivity index (χ2v) is 13.2. The summed E-state index contributed by atoms with van der Waals surface area (Å²) in [5, 5.41) is 8.36. The normalized spacial score (nSPS) is 14.5. The fraction of sp³-hybridized carbons (Fsp3) is 0. The van der Waals surface area contributed by atoms with E-state index in [-0.39, 0.29) is 45.7 Å². The molecule has 0 fully saturated rings. The first-order valence-electron chi connectivity index (χ1n) is 19.8. The molecule has 2 aromatic heterocycles. The highest BCUT2D eigenvalue weighted by atomic mass is 32.1. The van der Waals surface area contributed by atoms with Gasteiger partial charge in [0.2, 0.25) is 0 Å². The van der Waals surface area contributed by atoms with Crippen molar-refractivity contribution >= 4 is 96.5 Å². The van der Waals surface area contributed by atoms with E-state index in [1.807, 2.05) is 97.1 Å². The van der Waals surface area contributed by atoms with Crippen molar-refractivity contribution in [3.8, 4) is 22.3 Å². The number of hydrogen-bond acceptors (Lipinski definition) is 2. The molecule has 0 amide bonds. The standard InChI is InChI=1S/C46H26OS/c1-2-12-30-27(11-1)21-22-28-23-24-29(25-37(28)30)42-31-13-3-5-15-33(31)43(34-16-6-4-14-32(34)42)38-26-40-44(35-17-7-9-19-39(35)47-40)45-36-18-8-10-20-41(36)48-46(38)45/h1-26H/i3D,4D,5D,6D,13D,14D,15D,16D. The molecular weight excluding hydrogens is 601 g/mol. The van der Waals surface area contributed by atoms with Crippen LogP contribution >= 0.6 is 11.3 Å². The zero-order chi connectivity index (χ0) is 38.3. The smallest absolute Gasteiger partial charge is 0.136 e. The van der Waals surface area contributed by atoms with Crippen molar-refractivity contribution in [3.63, 3.8) is 0 Å². The van der Waals surface area contributed by atoms with E-state index >= 15 is 0 Å². The molecule has 48 heavy (non-hydrogen) atoms. The summed E-state index contributed by atoms with van der Waals surface area (Å²) in [5.41, 5.74) is 3.02. The highest BCUT2D eigenvalue weighted by molar-refractivity contribution is 7.26. The Hall–Kier alpha value is -5.96. The third-order valence-electron chi connectivity index (χ3n) is 9.67. The van der Waals surface area contributed by atoms with Gasteiger partial charge in [0.25, 0.3) is 0 Å². The van der Waals surface area contributed by atoms with Gasteiger partial charge in [-0.25, -0.2) is 0 Å². The predicted octanol–water partition coefficient (Wildman–Crippen LogP) is 13.9. The Morgan fingerprint density at radius 3 is 1.83 bits per heavy atom. The zero-order valence-corrected chi connectivity index (χ0v) is 26.0. The number of furan rings is 1. The van der Waals surface area contributed by atoms with Crippen LogP contribution in [0.1, 0.15) is 11.0 Å². The second kappa shape index (κ2) is 9.78. The minimum absolute atomic E-state index is 0.177. The summed E-state index contributed by atoms with van der Waals surface area (Å²) < 4.78 is 82.4. The van der Waals surface area contributed by atoms with Gasteiger partial charge in [0.05, 0.1) is 11.0 Å². The van der Waals surface area contributed by atoms with Crippen LogP contribution in [0.5, 0.6) is 0 Å². The van der Waals surface area contributed by atoms with Crippen molar-refractivity contribution in [3.05, 3.63) is 158 Å². The molecule has 0 aliphatic carbocycles. The van der Waals surface area contributed by atoms with E-state index in [4.69, 9.17) is 9.90 Å². The Kier molecular flexibility index (Phi) is 4.00. The lowest BCUT2D eigenvalue weighted by atomic mass is 9.85. The van der Waals surface area contributed by atoms with Crippen LogP contribution in [0.25, 0.3) is 107 Å². The van der Waals surface area contributed by atoms with Gasteiger partial charge in [0, 0.05) is 36.5 Å². The summed E-state index contributed by atoms with van der Waals surface area (Å²) in [5.74, 6) is 0. The summed E-state index contributed by atoms with van der Waals surface area (Å²) >= 11 is 1.54. The topological polar surface area (TPSA) is 13.1 Å². The molecule has 0 unspecified atom stereocenters. The first kappa shape index (κ1) is 19.6. The molecule has 0 N–H and O–H groups in total. The molecule has 0 spiro atoms.